The summed E-state index contributed by atoms with van der Waals surface area (Å²) >= 11 is 0. The summed E-state index contributed by atoms with van der Waals surface area (Å²) in [4.78, 5) is 0. The summed E-state index contributed by atoms with van der Waals surface area (Å²) in [5.41, 5.74) is 0.439. The van der Waals surface area contributed by atoms with E-state index in [-0.39, 0.29) is 0 Å². The van der Waals surface area contributed by atoms with Crippen LogP contribution in [0.25, 0.3) is 0 Å². The fourth-order valence-electron chi connectivity index (χ4n) is 2.40. The van der Waals surface area contributed by atoms with Crippen molar-refractivity contribution < 1.29 is 13.2 Å². The number of nitrogens with one attached hydrogen (secondary N) is 1. The normalized spacial score (nSPS) is 17.9. The van der Waals surface area contributed by atoms with Gasteiger partial charge in [0, 0.05) is 0 Å². The van der Waals surface area contributed by atoms with E-state index in [1.54, 1.807) is 12.1 Å². The highest BCUT2D eigenvalue weighted by Crippen LogP contribution is 2.29. The molecule has 0 radical (unpaired) electrons. The predicted molar refractivity (Wildman–Crippen MR) is 65.4 cm³/mol. The van der Waals surface area contributed by atoms with Gasteiger partial charge in [-0.2, -0.15) is 13.2 Å². The Labute approximate surface area is 105 Å². The molecule has 0 amide bonds. The van der Waals surface area contributed by atoms with Gasteiger partial charge in [-0.1, -0.05) is 12.1 Å². The zero-order valence-corrected chi connectivity index (χ0v) is 10.3. The van der Waals surface area contributed by atoms with E-state index in [1.807, 2.05) is 0 Å². The van der Waals surface area contributed by atoms with Gasteiger partial charge >= 0.3 is 6.18 Å². The van der Waals surface area contributed by atoms with Crippen LogP contribution in [0.3, 0.4) is 0 Å². The van der Waals surface area contributed by atoms with Crippen LogP contribution in [-0.2, 0) is 12.6 Å². The fourth-order valence-corrected chi connectivity index (χ4v) is 2.40. The third-order valence-electron chi connectivity index (χ3n) is 3.58. The van der Waals surface area contributed by atoms with E-state index in [1.165, 1.54) is 25.0 Å². The van der Waals surface area contributed by atoms with Gasteiger partial charge in [-0.15, -0.1) is 0 Å². The lowest BCUT2D eigenvalue weighted by Crippen LogP contribution is -2.27. The Balaban J connectivity index is 1.86. The van der Waals surface area contributed by atoms with E-state index in [2.05, 4.69) is 5.32 Å². The SMILES string of the molecule is FC(F)(F)c1ccc(CCC2CCNCC2)cc1. The average molecular weight is 257 g/mol. The molecule has 1 heterocycles. The van der Waals surface area contributed by atoms with Gasteiger partial charge in [0.05, 0.1) is 5.56 Å². The molecule has 0 aliphatic carbocycles. The Morgan fingerprint density at radius 2 is 1.67 bits per heavy atom. The second kappa shape index (κ2) is 5.74. The summed E-state index contributed by atoms with van der Waals surface area (Å²) < 4.78 is 37.2. The molecule has 0 bridgehead atoms. The molecule has 0 atom stereocenters. The molecule has 2 rings (SSSR count). The summed E-state index contributed by atoms with van der Waals surface area (Å²) in [6, 6.07) is 5.56. The Morgan fingerprint density at radius 1 is 1.06 bits per heavy atom. The molecule has 1 aromatic carbocycles. The molecule has 1 aromatic rings. The Morgan fingerprint density at radius 3 is 2.22 bits per heavy atom. The van der Waals surface area contributed by atoms with Gasteiger partial charge in [-0.05, 0) is 62.4 Å². The highest BCUT2D eigenvalue weighted by atomic mass is 19.4. The van der Waals surface area contributed by atoms with Crippen LogP contribution in [0.5, 0.6) is 0 Å². The molecule has 0 unspecified atom stereocenters. The zero-order valence-electron chi connectivity index (χ0n) is 10.3. The molecule has 0 aromatic heterocycles. The molecule has 1 saturated heterocycles. The Hall–Kier alpha value is -1.03. The molecule has 18 heavy (non-hydrogen) atoms. The molecule has 1 aliphatic heterocycles. The Bertz CT molecular complexity index is 364. The molecule has 1 N–H and O–H groups in total. The third kappa shape index (κ3) is 3.73. The molecular formula is C14H18F3N. The van der Waals surface area contributed by atoms with E-state index in [0.29, 0.717) is 5.92 Å². The van der Waals surface area contributed by atoms with Crippen molar-refractivity contribution in [3.05, 3.63) is 35.4 Å². The standard InChI is InChI=1S/C14H18F3N/c15-14(16,17)13-5-3-11(4-6-13)1-2-12-7-9-18-10-8-12/h3-6,12,18H,1-2,7-10H2. The van der Waals surface area contributed by atoms with Gasteiger partial charge in [-0.25, -0.2) is 0 Å². The summed E-state index contributed by atoms with van der Waals surface area (Å²) in [5.74, 6) is 0.716. The van der Waals surface area contributed by atoms with Crippen molar-refractivity contribution in [1.29, 1.82) is 0 Å². The van der Waals surface area contributed by atoms with Crippen molar-refractivity contribution in [1.82, 2.24) is 5.32 Å². The van der Waals surface area contributed by atoms with Crippen LogP contribution < -0.4 is 5.32 Å². The van der Waals surface area contributed by atoms with Crippen molar-refractivity contribution in [2.24, 2.45) is 5.92 Å². The van der Waals surface area contributed by atoms with Gasteiger partial charge in [0.25, 0.3) is 0 Å². The lowest BCUT2D eigenvalue weighted by atomic mass is 9.91. The van der Waals surface area contributed by atoms with Crippen molar-refractivity contribution in [2.75, 3.05) is 13.1 Å². The van der Waals surface area contributed by atoms with E-state index in [4.69, 9.17) is 0 Å². The molecule has 0 spiro atoms. The fraction of sp³-hybridized carbons (Fsp3) is 0.571. The lowest BCUT2D eigenvalue weighted by Gasteiger charge is -2.22. The quantitative estimate of drug-likeness (QED) is 0.871. The zero-order chi connectivity index (χ0) is 13.0. The number of rotatable bonds is 3. The summed E-state index contributed by atoms with van der Waals surface area (Å²) in [7, 11) is 0. The van der Waals surface area contributed by atoms with Crippen LogP contribution in [0.15, 0.2) is 24.3 Å². The Kier molecular flexibility index (Phi) is 4.27. The monoisotopic (exact) mass is 257 g/mol. The lowest BCUT2D eigenvalue weighted by molar-refractivity contribution is -0.137. The van der Waals surface area contributed by atoms with Crippen molar-refractivity contribution in [3.63, 3.8) is 0 Å². The molecular weight excluding hydrogens is 239 g/mol. The minimum atomic E-state index is -4.23. The molecule has 1 aliphatic rings. The van der Waals surface area contributed by atoms with Crippen molar-refractivity contribution >= 4 is 0 Å². The van der Waals surface area contributed by atoms with E-state index in [0.717, 1.165) is 31.5 Å². The van der Waals surface area contributed by atoms with E-state index < -0.39 is 11.7 Å². The minimum absolute atomic E-state index is 0.562. The van der Waals surface area contributed by atoms with Crippen LogP contribution in [0.4, 0.5) is 13.2 Å². The summed E-state index contributed by atoms with van der Waals surface area (Å²) in [6.45, 7) is 2.13. The van der Waals surface area contributed by atoms with Crippen molar-refractivity contribution in [3.8, 4) is 0 Å². The van der Waals surface area contributed by atoms with Gasteiger partial charge in [0.1, 0.15) is 0 Å². The summed E-state index contributed by atoms with van der Waals surface area (Å²) in [5, 5.41) is 3.31. The van der Waals surface area contributed by atoms with Gasteiger partial charge in [0.15, 0.2) is 0 Å². The number of piperidine rings is 1. The predicted octanol–water partition coefficient (Wildman–Crippen LogP) is 3.64. The number of benzene rings is 1. The van der Waals surface area contributed by atoms with Gasteiger partial charge in [0.2, 0.25) is 0 Å². The maximum absolute atomic E-state index is 12.4. The van der Waals surface area contributed by atoms with Crippen LogP contribution in [0.2, 0.25) is 0 Å². The first-order valence-corrected chi connectivity index (χ1v) is 6.42. The highest BCUT2D eigenvalue weighted by Gasteiger charge is 2.29. The topological polar surface area (TPSA) is 12.0 Å². The maximum Gasteiger partial charge on any atom is 0.416 e. The number of aryl methyl sites for hydroxylation is 1. The van der Waals surface area contributed by atoms with Crippen molar-refractivity contribution in [2.45, 2.75) is 31.9 Å². The molecule has 1 fully saturated rings. The molecule has 100 valence electrons. The van der Waals surface area contributed by atoms with Crippen LogP contribution in [0, 0.1) is 5.92 Å². The van der Waals surface area contributed by atoms with Crippen LogP contribution >= 0.6 is 0 Å². The maximum atomic E-state index is 12.4. The largest absolute Gasteiger partial charge is 0.416 e. The summed E-state index contributed by atoms with van der Waals surface area (Å²) in [6.07, 6.45) is 0.0880. The third-order valence-corrected chi connectivity index (χ3v) is 3.58. The second-order valence-electron chi connectivity index (χ2n) is 4.93. The molecule has 1 nitrogen and oxygen atoms in total. The van der Waals surface area contributed by atoms with E-state index >= 15 is 0 Å². The first-order valence-electron chi connectivity index (χ1n) is 6.42. The smallest absolute Gasteiger partial charge is 0.317 e. The van der Waals surface area contributed by atoms with E-state index in [9.17, 15) is 13.2 Å². The molecule has 0 saturated carbocycles. The number of halogens is 3. The molecule has 4 heteroatoms. The highest BCUT2D eigenvalue weighted by molar-refractivity contribution is 5.24. The average Bonchev–Trinajstić information content (AvgIpc) is 2.37. The first kappa shape index (κ1) is 13.4. The van der Waals surface area contributed by atoms with Gasteiger partial charge < -0.3 is 5.32 Å². The van der Waals surface area contributed by atoms with Gasteiger partial charge in [-0.3, -0.25) is 0 Å². The number of hydrogen-bond acceptors (Lipinski definition) is 1. The second-order valence-corrected chi connectivity index (χ2v) is 4.93. The minimum Gasteiger partial charge on any atom is -0.317 e. The number of hydrogen-bond donors (Lipinski definition) is 1. The van der Waals surface area contributed by atoms with Crippen LogP contribution in [0.1, 0.15) is 30.4 Å². The number of alkyl halides is 3. The van der Waals surface area contributed by atoms with Crippen LogP contribution in [-0.4, -0.2) is 13.1 Å². The first-order chi connectivity index (χ1) is 8.55.